The smallest absolute Gasteiger partial charge is 0.0548 e. The minimum Gasteiger partial charge on any atom is -0.309 e. The summed E-state index contributed by atoms with van der Waals surface area (Å²) < 4.78 is 3.52. The van der Waals surface area contributed by atoms with Gasteiger partial charge in [-0.2, -0.15) is 0 Å². The minimum atomic E-state index is 1.11. The monoisotopic (exact) mass is 473 g/mol. The molecule has 0 radical (unpaired) electrons. The van der Waals surface area contributed by atoms with Gasteiger partial charge in [0, 0.05) is 26.4 Å². The van der Waals surface area contributed by atoms with E-state index in [0.717, 1.165) is 4.47 Å². The Morgan fingerprint density at radius 3 is 1.91 bits per heavy atom. The number of rotatable bonds is 3. The summed E-state index contributed by atoms with van der Waals surface area (Å²) in [5, 5.41) is 2.52. The Hall–Kier alpha value is -3.62. The number of hydrogen-bond donors (Lipinski definition) is 0. The molecule has 0 aliphatic rings. The lowest BCUT2D eigenvalue weighted by Crippen LogP contribution is -1.97. The van der Waals surface area contributed by atoms with E-state index in [-0.39, 0.29) is 0 Å². The quantitative estimate of drug-likeness (QED) is 0.241. The molecule has 0 saturated heterocycles. The number of aromatic nitrogens is 1. The van der Waals surface area contributed by atoms with Crippen molar-refractivity contribution in [1.82, 2.24) is 4.57 Å². The van der Waals surface area contributed by atoms with E-state index >= 15 is 0 Å². The molecule has 5 aromatic carbocycles. The Labute approximate surface area is 195 Å². The lowest BCUT2D eigenvalue weighted by molar-refractivity contribution is 1.18. The molecule has 1 nitrogen and oxygen atoms in total. The van der Waals surface area contributed by atoms with Gasteiger partial charge >= 0.3 is 0 Å². The van der Waals surface area contributed by atoms with Crippen molar-refractivity contribution in [1.29, 1.82) is 0 Å². The number of nitrogens with zero attached hydrogens (tertiary/aromatic N) is 1. The predicted molar refractivity (Wildman–Crippen MR) is 139 cm³/mol. The SMILES string of the molecule is Brc1ccc2c(c1-c1ccccc1)c1ccccc1n2-c1ccccc1-c1ccccc1. The fourth-order valence-corrected chi connectivity index (χ4v) is 5.27. The fraction of sp³-hybridized carbons (Fsp3) is 0. The molecule has 0 aliphatic carbocycles. The molecule has 0 unspecified atom stereocenters. The number of halogens is 1. The molecule has 0 bridgehead atoms. The number of benzene rings is 5. The normalized spacial score (nSPS) is 11.3. The van der Waals surface area contributed by atoms with E-state index in [1.54, 1.807) is 0 Å². The van der Waals surface area contributed by atoms with Gasteiger partial charge in [-0.15, -0.1) is 0 Å². The summed E-state index contributed by atoms with van der Waals surface area (Å²) in [5.74, 6) is 0. The van der Waals surface area contributed by atoms with Crippen LogP contribution in [0.25, 0.3) is 49.7 Å². The van der Waals surface area contributed by atoms with Gasteiger partial charge in [-0.05, 0) is 35.4 Å². The summed E-state index contributed by atoms with van der Waals surface area (Å²) in [6.45, 7) is 0. The average molecular weight is 474 g/mol. The molecule has 32 heavy (non-hydrogen) atoms. The molecule has 152 valence electrons. The van der Waals surface area contributed by atoms with Crippen molar-refractivity contribution in [3.63, 3.8) is 0 Å². The summed E-state index contributed by atoms with van der Waals surface area (Å²) in [6, 6.07) is 43.0. The van der Waals surface area contributed by atoms with Crippen LogP contribution in [0.4, 0.5) is 0 Å². The third-order valence-corrected chi connectivity index (χ3v) is 6.74. The number of para-hydroxylation sites is 2. The van der Waals surface area contributed by atoms with Gasteiger partial charge in [-0.3, -0.25) is 0 Å². The number of hydrogen-bond acceptors (Lipinski definition) is 0. The summed E-state index contributed by atoms with van der Waals surface area (Å²) in [7, 11) is 0. The van der Waals surface area contributed by atoms with Gasteiger partial charge in [0.1, 0.15) is 0 Å². The molecule has 1 heterocycles. The lowest BCUT2D eigenvalue weighted by Gasteiger charge is -2.14. The van der Waals surface area contributed by atoms with E-state index in [4.69, 9.17) is 0 Å². The summed E-state index contributed by atoms with van der Waals surface area (Å²) in [6.07, 6.45) is 0. The van der Waals surface area contributed by atoms with Crippen molar-refractivity contribution in [3.8, 4) is 27.9 Å². The second-order valence-electron chi connectivity index (χ2n) is 7.92. The zero-order valence-corrected chi connectivity index (χ0v) is 19.0. The minimum absolute atomic E-state index is 1.11. The molecule has 6 aromatic rings. The molecule has 0 aliphatic heterocycles. The van der Waals surface area contributed by atoms with Gasteiger partial charge in [0.25, 0.3) is 0 Å². The van der Waals surface area contributed by atoms with Gasteiger partial charge in [0.05, 0.1) is 16.7 Å². The van der Waals surface area contributed by atoms with Crippen molar-refractivity contribution in [3.05, 3.63) is 126 Å². The third-order valence-electron chi connectivity index (χ3n) is 6.08. The van der Waals surface area contributed by atoms with E-state index in [9.17, 15) is 0 Å². The fourth-order valence-electron chi connectivity index (χ4n) is 4.71. The van der Waals surface area contributed by atoms with Gasteiger partial charge in [-0.1, -0.05) is 113 Å². The first-order chi connectivity index (χ1) is 15.8. The molecular weight excluding hydrogens is 454 g/mol. The maximum absolute atomic E-state index is 3.85. The van der Waals surface area contributed by atoms with Crippen molar-refractivity contribution >= 4 is 37.7 Å². The molecule has 2 heteroatoms. The van der Waals surface area contributed by atoms with Crippen molar-refractivity contribution in [2.75, 3.05) is 0 Å². The zero-order chi connectivity index (χ0) is 21.5. The van der Waals surface area contributed by atoms with Crippen molar-refractivity contribution in [2.24, 2.45) is 0 Å². The molecule has 0 spiro atoms. The number of fused-ring (bicyclic) bond motifs is 3. The van der Waals surface area contributed by atoms with Gasteiger partial charge in [0.2, 0.25) is 0 Å². The van der Waals surface area contributed by atoms with Gasteiger partial charge < -0.3 is 4.57 Å². The second kappa shape index (κ2) is 7.81. The maximum atomic E-state index is 3.85. The van der Waals surface area contributed by atoms with E-state index in [1.165, 1.54) is 49.7 Å². The van der Waals surface area contributed by atoms with E-state index in [2.05, 4.69) is 142 Å². The molecule has 0 saturated carbocycles. The van der Waals surface area contributed by atoms with Crippen LogP contribution in [0, 0.1) is 0 Å². The summed E-state index contributed by atoms with van der Waals surface area (Å²) >= 11 is 3.85. The largest absolute Gasteiger partial charge is 0.309 e. The lowest BCUT2D eigenvalue weighted by atomic mass is 9.99. The highest BCUT2D eigenvalue weighted by atomic mass is 79.9. The van der Waals surface area contributed by atoms with Crippen LogP contribution in [0.1, 0.15) is 0 Å². The van der Waals surface area contributed by atoms with Crippen LogP contribution in [-0.4, -0.2) is 4.57 Å². The van der Waals surface area contributed by atoms with Crippen LogP contribution >= 0.6 is 15.9 Å². The Balaban J connectivity index is 1.76. The predicted octanol–water partition coefficient (Wildman–Crippen LogP) is 8.88. The van der Waals surface area contributed by atoms with Crippen LogP contribution in [0.3, 0.4) is 0 Å². The Morgan fingerprint density at radius 1 is 0.500 bits per heavy atom. The van der Waals surface area contributed by atoms with Gasteiger partial charge in [-0.25, -0.2) is 0 Å². The molecule has 0 fully saturated rings. The van der Waals surface area contributed by atoms with Crippen LogP contribution in [0.2, 0.25) is 0 Å². The molecule has 0 amide bonds. The van der Waals surface area contributed by atoms with E-state index < -0.39 is 0 Å². The molecule has 0 atom stereocenters. The first-order valence-corrected chi connectivity index (χ1v) is 11.5. The highest BCUT2D eigenvalue weighted by Gasteiger charge is 2.19. The summed E-state index contributed by atoms with van der Waals surface area (Å²) in [4.78, 5) is 0. The Kier molecular flexibility index (Phi) is 4.66. The van der Waals surface area contributed by atoms with Crippen molar-refractivity contribution in [2.45, 2.75) is 0 Å². The Bertz CT molecular complexity index is 1560. The van der Waals surface area contributed by atoms with Crippen LogP contribution in [0.15, 0.2) is 126 Å². The standard InChI is InChI=1S/C30H20BrN/c31-25-19-20-28-30(29(25)22-13-5-2-6-14-22)24-16-8-10-18-27(24)32(28)26-17-9-7-15-23(26)21-11-3-1-4-12-21/h1-20H. The zero-order valence-electron chi connectivity index (χ0n) is 17.4. The van der Waals surface area contributed by atoms with E-state index in [1.807, 2.05) is 0 Å². The van der Waals surface area contributed by atoms with Gasteiger partial charge in [0.15, 0.2) is 0 Å². The van der Waals surface area contributed by atoms with Crippen molar-refractivity contribution < 1.29 is 0 Å². The molecule has 6 rings (SSSR count). The first kappa shape index (κ1) is 19.1. The van der Waals surface area contributed by atoms with E-state index in [0.29, 0.717) is 0 Å². The first-order valence-electron chi connectivity index (χ1n) is 10.7. The third kappa shape index (κ3) is 2.99. The Morgan fingerprint density at radius 2 is 1.12 bits per heavy atom. The second-order valence-corrected chi connectivity index (χ2v) is 8.77. The molecular formula is C30H20BrN. The highest BCUT2D eigenvalue weighted by molar-refractivity contribution is 9.10. The van der Waals surface area contributed by atoms with Crippen LogP contribution in [0.5, 0.6) is 0 Å². The van der Waals surface area contributed by atoms with Crippen LogP contribution in [-0.2, 0) is 0 Å². The maximum Gasteiger partial charge on any atom is 0.0548 e. The van der Waals surface area contributed by atoms with Crippen LogP contribution < -0.4 is 0 Å². The molecule has 1 aromatic heterocycles. The topological polar surface area (TPSA) is 4.93 Å². The molecule has 0 N–H and O–H groups in total. The summed E-state index contributed by atoms with van der Waals surface area (Å²) in [5.41, 5.74) is 8.48. The average Bonchev–Trinajstić information content (AvgIpc) is 3.19. The highest BCUT2D eigenvalue weighted by Crippen LogP contribution is 2.43.